The van der Waals surface area contributed by atoms with E-state index in [1.54, 1.807) is 0 Å². The predicted octanol–water partition coefficient (Wildman–Crippen LogP) is 2.11. The largest absolute Gasteiger partial charge is 0.488 e. The minimum Gasteiger partial charge on any atom is -0.488 e. The van der Waals surface area contributed by atoms with Gasteiger partial charge in [0.15, 0.2) is 5.96 Å². The monoisotopic (exact) mass is 444 g/mol. The molecule has 0 saturated carbocycles. The summed E-state index contributed by atoms with van der Waals surface area (Å²) in [6, 6.07) is 8.28. The number of piperidine rings is 1. The summed E-state index contributed by atoms with van der Waals surface area (Å²) in [6.07, 6.45) is 3.69. The smallest absolute Gasteiger partial charge is 0.191 e. The van der Waals surface area contributed by atoms with Gasteiger partial charge in [0.05, 0.1) is 6.54 Å². The lowest BCUT2D eigenvalue weighted by Gasteiger charge is -2.29. The Hall–Kier alpha value is -1.02. The van der Waals surface area contributed by atoms with E-state index in [0.29, 0.717) is 0 Å². The van der Waals surface area contributed by atoms with Crippen molar-refractivity contribution in [3.8, 4) is 5.75 Å². The third-order valence-corrected chi connectivity index (χ3v) is 4.83. The third kappa shape index (κ3) is 5.24. The summed E-state index contributed by atoms with van der Waals surface area (Å²) < 4.78 is 5.96. The molecule has 1 fully saturated rings. The summed E-state index contributed by atoms with van der Waals surface area (Å²) >= 11 is 0. The van der Waals surface area contributed by atoms with Gasteiger partial charge >= 0.3 is 0 Å². The van der Waals surface area contributed by atoms with Crippen LogP contribution in [0.1, 0.15) is 18.4 Å². The van der Waals surface area contributed by atoms with E-state index in [-0.39, 0.29) is 30.1 Å². The summed E-state index contributed by atoms with van der Waals surface area (Å²) in [5.74, 6) is 2.65. The van der Waals surface area contributed by atoms with Crippen molar-refractivity contribution in [1.82, 2.24) is 15.5 Å². The van der Waals surface area contributed by atoms with Gasteiger partial charge in [0, 0.05) is 20.0 Å². The van der Waals surface area contributed by atoms with Crippen LogP contribution in [0.3, 0.4) is 0 Å². The molecule has 1 atom stereocenters. The SMILES string of the molecule is CN=C(NCC1CCN(C)CC1)NCC1Cc2ccccc2O1.I. The van der Waals surface area contributed by atoms with Gasteiger partial charge < -0.3 is 20.3 Å². The molecule has 3 rings (SSSR count). The maximum Gasteiger partial charge on any atom is 0.191 e. The van der Waals surface area contributed by atoms with Gasteiger partial charge in [-0.2, -0.15) is 0 Å². The van der Waals surface area contributed by atoms with Gasteiger partial charge in [-0.25, -0.2) is 0 Å². The van der Waals surface area contributed by atoms with E-state index in [0.717, 1.165) is 37.1 Å². The fraction of sp³-hybridized carbons (Fsp3) is 0.611. The fourth-order valence-electron chi connectivity index (χ4n) is 3.31. The number of aliphatic imine (C=N–C) groups is 1. The minimum atomic E-state index is 0. The van der Waals surface area contributed by atoms with E-state index in [9.17, 15) is 0 Å². The number of nitrogens with one attached hydrogen (secondary N) is 2. The molecule has 1 aromatic rings. The van der Waals surface area contributed by atoms with Crippen molar-refractivity contribution >= 4 is 29.9 Å². The van der Waals surface area contributed by atoms with Crippen molar-refractivity contribution in [1.29, 1.82) is 0 Å². The molecule has 0 aliphatic carbocycles. The molecule has 0 radical (unpaired) electrons. The molecule has 2 heterocycles. The lowest BCUT2D eigenvalue weighted by molar-refractivity contribution is 0.219. The first-order valence-corrected chi connectivity index (χ1v) is 8.62. The number of hydrogen-bond donors (Lipinski definition) is 2. The van der Waals surface area contributed by atoms with Crippen molar-refractivity contribution in [3.63, 3.8) is 0 Å². The molecule has 1 saturated heterocycles. The van der Waals surface area contributed by atoms with E-state index in [1.807, 2.05) is 19.2 Å². The summed E-state index contributed by atoms with van der Waals surface area (Å²) in [4.78, 5) is 6.73. The van der Waals surface area contributed by atoms with Gasteiger partial charge in [0.1, 0.15) is 11.9 Å². The van der Waals surface area contributed by atoms with Crippen molar-refractivity contribution in [2.45, 2.75) is 25.4 Å². The first-order chi connectivity index (χ1) is 11.2. The lowest BCUT2D eigenvalue weighted by atomic mass is 9.97. The number of guanidine groups is 1. The summed E-state index contributed by atoms with van der Waals surface area (Å²) in [5, 5.41) is 6.86. The van der Waals surface area contributed by atoms with Gasteiger partial charge in [0.25, 0.3) is 0 Å². The normalized spacial score (nSPS) is 21.6. The van der Waals surface area contributed by atoms with Crippen molar-refractivity contribution in [3.05, 3.63) is 29.8 Å². The molecule has 0 spiro atoms. The molecule has 6 heteroatoms. The van der Waals surface area contributed by atoms with E-state index < -0.39 is 0 Å². The zero-order chi connectivity index (χ0) is 16.1. The zero-order valence-corrected chi connectivity index (χ0v) is 17.0. The van der Waals surface area contributed by atoms with Gasteiger partial charge in [0.2, 0.25) is 0 Å². The number of fused-ring (bicyclic) bond motifs is 1. The average molecular weight is 444 g/mol. The molecule has 24 heavy (non-hydrogen) atoms. The number of nitrogens with zero attached hydrogens (tertiary/aromatic N) is 2. The molecule has 1 unspecified atom stereocenters. The highest BCUT2D eigenvalue weighted by atomic mass is 127. The van der Waals surface area contributed by atoms with Crippen LogP contribution in [0, 0.1) is 5.92 Å². The highest BCUT2D eigenvalue weighted by Crippen LogP contribution is 2.27. The number of benzene rings is 1. The first kappa shape index (κ1) is 19.3. The Kier molecular flexibility index (Phi) is 7.61. The van der Waals surface area contributed by atoms with Crippen LogP contribution < -0.4 is 15.4 Å². The first-order valence-electron chi connectivity index (χ1n) is 8.62. The van der Waals surface area contributed by atoms with E-state index in [4.69, 9.17) is 4.74 Å². The van der Waals surface area contributed by atoms with Gasteiger partial charge in [-0.1, -0.05) is 18.2 Å². The molecular formula is C18H29IN4O. The Morgan fingerprint density at radius 2 is 1.92 bits per heavy atom. The number of rotatable bonds is 4. The quantitative estimate of drug-likeness (QED) is 0.425. The van der Waals surface area contributed by atoms with Crippen molar-refractivity contribution in [2.24, 2.45) is 10.9 Å². The summed E-state index contributed by atoms with van der Waals surface area (Å²) in [5.41, 5.74) is 1.30. The summed E-state index contributed by atoms with van der Waals surface area (Å²) in [6.45, 7) is 4.18. The molecular weight excluding hydrogens is 415 g/mol. The van der Waals surface area contributed by atoms with Gasteiger partial charge in [-0.15, -0.1) is 24.0 Å². The zero-order valence-electron chi connectivity index (χ0n) is 14.6. The maximum atomic E-state index is 5.96. The van der Waals surface area contributed by atoms with Crippen LogP contribution in [0.2, 0.25) is 0 Å². The van der Waals surface area contributed by atoms with Crippen LogP contribution in [0.5, 0.6) is 5.75 Å². The number of para-hydroxylation sites is 1. The van der Waals surface area contributed by atoms with Crippen molar-refractivity contribution < 1.29 is 4.74 Å². The van der Waals surface area contributed by atoms with Crippen molar-refractivity contribution in [2.75, 3.05) is 40.3 Å². The van der Waals surface area contributed by atoms with E-state index >= 15 is 0 Å². The molecule has 134 valence electrons. The maximum absolute atomic E-state index is 5.96. The Bertz CT molecular complexity index is 519. The molecule has 5 nitrogen and oxygen atoms in total. The highest BCUT2D eigenvalue weighted by molar-refractivity contribution is 14.0. The Morgan fingerprint density at radius 1 is 1.21 bits per heavy atom. The minimum absolute atomic E-state index is 0. The second-order valence-electron chi connectivity index (χ2n) is 6.63. The topological polar surface area (TPSA) is 48.9 Å². The lowest BCUT2D eigenvalue weighted by Crippen LogP contribution is -2.45. The fourth-order valence-corrected chi connectivity index (χ4v) is 3.31. The molecule has 0 aromatic heterocycles. The van der Waals surface area contributed by atoms with Gasteiger partial charge in [-0.3, -0.25) is 4.99 Å². The Balaban J connectivity index is 0.00000208. The molecule has 2 aliphatic rings. The molecule has 2 aliphatic heterocycles. The number of hydrogen-bond acceptors (Lipinski definition) is 3. The van der Waals surface area contributed by atoms with Crippen LogP contribution in [0.25, 0.3) is 0 Å². The average Bonchev–Trinajstić information content (AvgIpc) is 2.99. The highest BCUT2D eigenvalue weighted by Gasteiger charge is 2.22. The molecule has 2 N–H and O–H groups in total. The van der Waals surface area contributed by atoms with Crippen LogP contribution in [0.15, 0.2) is 29.3 Å². The Morgan fingerprint density at radius 3 is 2.62 bits per heavy atom. The predicted molar refractivity (Wildman–Crippen MR) is 110 cm³/mol. The molecule has 0 amide bonds. The van der Waals surface area contributed by atoms with E-state index in [1.165, 1.54) is 31.5 Å². The molecule has 0 bridgehead atoms. The number of halogens is 1. The van der Waals surface area contributed by atoms with Crippen LogP contribution in [0.4, 0.5) is 0 Å². The Labute approximate surface area is 162 Å². The second kappa shape index (κ2) is 9.46. The second-order valence-corrected chi connectivity index (χ2v) is 6.63. The van der Waals surface area contributed by atoms with Crippen LogP contribution >= 0.6 is 24.0 Å². The van der Waals surface area contributed by atoms with Crippen LogP contribution in [-0.4, -0.2) is 57.2 Å². The number of likely N-dealkylation sites (tertiary alicyclic amines) is 1. The summed E-state index contributed by atoms with van der Waals surface area (Å²) in [7, 11) is 4.03. The molecule has 1 aromatic carbocycles. The van der Waals surface area contributed by atoms with Gasteiger partial charge in [-0.05, 0) is 50.5 Å². The third-order valence-electron chi connectivity index (χ3n) is 4.83. The standard InChI is InChI=1S/C18H28N4O.HI/c1-19-18(20-12-14-7-9-22(2)10-8-14)21-13-16-11-15-5-3-4-6-17(15)23-16;/h3-6,14,16H,7-13H2,1-2H3,(H2,19,20,21);1H. The number of ether oxygens (including phenoxy) is 1. The van der Waals surface area contributed by atoms with E-state index in [2.05, 4.69) is 39.7 Å². The van der Waals surface area contributed by atoms with Crippen LogP contribution in [-0.2, 0) is 6.42 Å².